The van der Waals surface area contributed by atoms with E-state index in [4.69, 9.17) is 9.52 Å². The lowest BCUT2D eigenvalue weighted by Crippen LogP contribution is -2.06. The molecule has 1 heterocycles. The van der Waals surface area contributed by atoms with Gasteiger partial charge in [0.25, 0.3) is 0 Å². The SMILES string of the molecule is O=C(O)C1CCc2cocc21. The normalized spacial score (nSPS) is 21.6. The molecular weight excluding hydrogens is 144 g/mol. The van der Waals surface area contributed by atoms with Gasteiger partial charge in [0.1, 0.15) is 0 Å². The maximum Gasteiger partial charge on any atom is 0.311 e. The molecule has 3 heteroatoms. The lowest BCUT2D eigenvalue weighted by molar-refractivity contribution is -0.138. The predicted octanol–water partition coefficient (Wildman–Crippen LogP) is 1.39. The summed E-state index contributed by atoms with van der Waals surface area (Å²) in [4.78, 5) is 10.6. The topological polar surface area (TPSA) is 50.4 Å². The zero-order chi connectivity index (χ0) is 7.84. The largest absolute Gasteiger partial charge is 0.481 e. The molecule has 0 saturated heterocycles. The van der Waals surface area contributed by atoms with Gasteiger partial charge >= 0.3 is 5.97 Å². The first-order valence-corrected chi connectivity index (χ1v) is 3.57. The summed E-state index contributed by atoms with van der Waals surface area (Å²) < 4.78 is 4.90. The van der Waals surface area contributed by atoms with Gasteiger partial charge in [0.15, 0.2) is 0 Å². The Kier molecular flexibility index (Phi) is 1.24. The summed E-state index contributed by atoms with van der Waals surface area (Å²) in [6.45, 7) is 0. The fourth-order valence-electron chi connectivity index (χ4n) is 1.55. The maximum absolute atomic E-state index is 10.6. The average Bonchev–Trinajstić information content (AvgIpc) is 2.41. The van der Waals surface area contributed by atoms with Crippen molar-refractivity contribution in [2.45, 2.75) is 18.8 Å². The fraction of sp³-hybridized carbons (Fsp3) is 0.375. The molecule has 3 nitrogen and oxygen atoms in total. The molecule has 1 atom stereocenters. The van der Waals surface area contributed by atoms with Crippen LogP contribution in [0.2, 0.25) is 0 Å². The Balaban J connectivity index is 2.38. The van der Waals surface area contributed by atoms with E-state index in [2.05, 4.69) is 0 Å². The van der Waals surface area contributed by atoms with Crippen molar-refractivity contribution in [2.75, 3.05) is 0 Å². The third kappa shape index (κ3) is 0.843. The summed E-state index contributed by atoms with van der Waals surface area (Å²) in [5.74, 6) is -1.08. The van der Waals surface area contributed by atoms with Gasteiger partial charge in [-0.15, -0.1) is 0 Å². The molecule has 0 saturated carbocycles. The zero-order valence-electron chi connectivity index (χ0n) is 5.91. The average molecular weight is 152 g/mol. The lowest BCUT2D eigenvalue weighted by Gasteiger charge is -1.99. The molecule has 1 N–H and O–H groups in total. The van der Waals surface area contributed by atoms with Gasteiger partial charge in [-0.3, -0.25) is 4.79 Å². The molecule has 1 aromatic rings. The Hall–Kier alpha value is -1.25. The number of hydrogen-bond donors (Lipinski definition) is 1. The van der Waals surface area contributed by atoms with Gasteiger partial charge in [-0.1, -0.05) is 0 Å². The lowest BCUT2D eigenvalue weighted by atomic mass is 10.1. The molecule has 0 aromatic carbocycles. The summed E-state index contributed by atoms with van der Waals surface area (Å²) in [5.41, 5.74) is 1.91. The van der Waals surface area contributed by atoms with Crippen molar-refractivity contribution in [3.8, 4) is 0 Å². The molecule has 2 rings (SSSR count). The Bertz CT molecular complexity index is 287. The standard InChI is InChI=1S/C8H8O3/c9-8(10)6-2-1-5-3-11-4-7(5)6/h3-4,6H,1-2H2,(H,9,10). The third-order valence-corrected chi connectivity index (χ3v) is 2.15. The quantitative estimate of drug-likeness (QED) is 0.661. The van der Waals surface area contributed by atoms with Crippen LogP contribution in [0.5, 0.6) is 0 Å². The van der Waals surface area contributed by atoms with Gasteiger partial charge in [-0.2, -0.15) is 0 Å². The van der Waals surface area contributed by atoms with Gasteiger partial charge < -0.3 is 9.52 Å². The first-order chi connectivity index (χ1) is 5.29. The van der Waals surface area contributed by atoms with Crippen molar-refractivity contribution in [1.82, 2.24) is 0 Å². The Morgan fingerprint density at radius 3 is 3.18 bits per heavy atom. The minimum Gasteiger partial charge on any atom is -0.481 e. The van der Waals surface area contributed by atoms with E-state index in [1.807, 2.05) is 0 Å². The second-order valence-corrected chi connectivity index (χ2v) is 2.78. The smallest absolute Gasteiger partial charge is 0.311 e. The van der Waals surface area contributed by atoms with Crippen LogP contribution in [0.4, 0.5) is 0 Å². The van der Waals surface area contributed by atoms with Crippen molar-refractivity contribution in [2.24, 2.45) is 0 Å². The number of carboxylic acids is 1. The molecule has 1 unspecified atom stereocenters. The van der Waals surface area contributed by atoms with Crippen LogP contribution in [0.25, 0.3) is 0 Å². The molecule has 1 aliphatic rings. The molecule has 0 amide bonds. The van der Waals surface area contributed by atoms with E-state index in [0.29, 0.717) is 0 Å². The molecule has 11 heavy (non-hydrogen) atoms. The number of aryl methyl sites for hydroxylation is 1. The number of aliphatic carboxylic acids is 1. The molecule has 1 aliphatic carbocycles. The van der Waals surface area contributed by atoms with Gasteiger partial charge in [-0.05, 0) is 18.4 Å². The van der Waals surface area contributed by atoms with E-state index in [1.54, 1.807) is 12.5 Å². The van der Waals surface area contributed by atoms with Crippen molar-refractivity contribution >= 4 is 5.97 Å². The summed E-state index contributed by atoms with van der Waals surface area (Å²) in [5, 5.41) is 8.74. The monoisotopic (exact) mass is 152 g/mol. The molecule has 58 valence electrons. The molecule has 0 spiro atoms. The summed E-state index contributed by atoms with van der Waals surface area (Å²) in [7, 11) is 0. The van der Waals surface area contributed by atoms with Crippen LogP contribution in [-0.2, 0) is 11.2 Å². The number of fused-ring (bicyclic) bond motifs is 1. The Morgan fingerprint density at radius 1 is 1.64 bits per heavy atom. The van der Waals surface area contributed by atoms with Gasteiger partial charge in [0.05, 0.1) is 18.4 Å². The molecule has 0 fully saturated rings. The molecular formula is C8H8O3. The highest BCUT2D eigenvalue weighted by molar-refractivity contribution is 5.77. The third-order valence-electron chi connectivity index (χ3n) is 2.15. The van der Waals surface area contributed by atoms with Crippen molar-refractivity contribution in [3.63, 3.8) is 0 Å². The minimum atomic E-state index is -0.745. The number of furan rings is 1. The van der Waals surface area contributed by atoms with Crippen LogP contribution >= 0.6 is 0 Å². The molecule has 0 radical (unpaired) electrons. The number of rotatable bonds is 1. The van der Waals surface area contributed by atoms with Gasteiger partial charge in [-0.25, -0.2) is 0 Å². The second kappa shape index (κ2) is 2.12. The Morgan fingerprint density at radius 2 is 2.45 bits per heavy atom. The number of carbonyl (C=O) groups is 1. The maximum atomic E-state index is 10.6. The van der Waals surface area contributed by atoms with Crippen LogP contribution in [0.3, 0.4) is 0 Å². The highest BCUT2D eigenvalue weighted by Crippen LogP contribution is 2.33. The molecule has 0 bridgehead atoms. The Labute approximate surface area is 63.6 Å². The second-order valence-electron chi connectivity index (χ2n) is 2.78. The first-order valence-electron chi connectivity index (χ1n) is 3.57. The molecule has 1 aromatic heterocycles. The van der Waals surface area contributed by atoms with Crippen LogP contribution in [0.1, 0.15) is 23.5 Å². The zero-order valence-corrected chi connectivity index (χ0v) is 5.91. The number of carboxylic acid groups (broad SMARTS) is 1. The van der Waals surface area contributed by atoms with Crippen molar-refractivity contribution in [3.05, 3.63) is 23.7 Å². The predicted molar refractivity (Wildman–Crippen MR) is 37.4 cm³/mol. The summed E-state index contributed by atoms with van der Waals surface area (Å²) >= 11 is 0. The highest BCUT2D eigenvalue weighted by Gasteiger charge is 2.29. The fourth-order valence-corrected chi connectivity index (χ4v) is 1.55. The number of hydrogen-bond acceptors (Lipinski definition) is 2. The minimum absolute atomic E-state index is 0.330. The van der Waals surface area contributed by atoms with Crippen LogP contribution < -0.4 is 0 Å². The van der Waals surface area contributed by atoms with Crippen molar-refractivity contribution in [1.29, 1.82) is 0 Å². The molecule has 0 aliphatic heterocycles. The summed E-state index contributed by atoms with van der Waals surface area (Å²) in [6.07, 6.45) is 4.73. The van der Waals surface area contributed by atoms with Gasteiger partial charge in [0.2, 0.25) is 0 Å². The van der Waals surface area contributed by atoms with Crippen molar-refractivity contribution < 1.29 is 14.3 Å². The van der Waals surface area contributed by atoms with Gasteiger partial charge in [0, 0.05) is 5.56 Å². The van der Waals surface area contributed by atoms with E-state index in [9.17, 15) is 4.79 Å². The van der Waals surface area contributed by atoms with E-state index in [-0.39, 0.29) is 5.92 Å². The van der Waals surface area contributed by atoms with E-state index < -0.39 is 5.97 Å². The van der Waals surface area contributed by atoms with Crippen LogP contribution in [-0.4, -0.2) is 11.1 Å². The van der Waals surface area contributed by atoms with E-state index >= 15 is 0 Å². The van der Waals surface area contributed by atoms with E-state index in [0.717, 1.165) is 24.0 Å². The highest BCUT2D eigenvalue weighted by atomic mass is 16.4. The van der Waals surface area contributed by atoms with E-state index in [1.165, 1.54) is 0 Å². The summed E-state index contributed by atoms with van der Waals surface area (Å²) in [6, 6.07) is 0. The van der Waals surface area contributed by atoms with Crippen LogP contribution in [0.15, 0.2) is 16.9 Å². The van der Waals surface area contributed by atoms with Crippen LogP contribution in [0, 0.1) is 0 Å². The first kappa shape index (κ1) is 6.46.